The number of nitrogens with one attached hydrogen (secondary N) is 2. The molecule has 140 valence electrons. The second-order valence-electron chi connectivity index (χ2n) is 6.52. The first-order chi connectivity index (χ1) is 13.0. The molecule has 0 unspecified atom stereocenters. The number of carbonyl (C=O) groups excluding carboxylic acids is 3. The molecule has 0 atom stereocenters. The quantitative estimate of drug-likeness (QED) is 0.867. The number of hydrogen-bond acceptors (Lipinski definition) is 4. The van der Waals surface area contributed by atoms with Crippen molar-refractivity contribution >= 4 is 23.4 Å². The van der Waals surface area contributed by atoms with Crippen LogP contribution < -0.4 is 10.6 Å². The zero-order chi connectivity index (χ0) is 19.2. The Hall–Kier alpha value is -3.22. The number of benzene rings is 1. The number of rotatable bonds is 4. The lowest BCUT2D eigenvalue weighted by molar-refractivity contribution is -0.114. The van der Waals surface area contributed by atoms with Gasteiger partial charge in [-0.15, -0.1) is 0 Å². The number of likely N-dealkylation sites (tertiary alicyclic amines) is 1. The summed E-state index contributed by atoms with van der Waals surface area (Å²) in [7, 11) is 0. The molecule has 2 N–H and O–H groups in total. The summed E-state index contributed by atoms with van der Waals surface area (Å²) in [6, 6.07) is 12.2. The number of piperidine rings is 1. The topological polar surface area (TPSA) is 91.4 Å². The molecule has 1 saturated heterocycles. The number of carbonyl (C=O) groups is 3. The Bertz CT molecular complexity index is 830. The van der Waals surface area contributed by atoms with Gasteiger partial charge in [0.2, 0.25) is 5.91 Å². The van der Waals surface area contributed by atoms with Crippen molar-refractivity contribution in [3.63, 3.8) is 0 Å². The standard InChI is InChI=1S/C20H22N4O3/c1-14(25)22-17-6-4-5-15(13-17)20(27)24-11-8-16(9-12-24)23-19(26)18-7-2-3-10-21-18/h2-7,10,13,16H,8-9,11-12H2,1H3,(H,22,25)(H,23,26). The van der Waals surface area contributed by atoms with Crippen molar-refractivity contribution in [2.24, 2.45) is 0 Å². The number of aromatic nitrogens is 1. The molecule has 0 aliphatic carbocycles. The van der Waals surface area contributed by atoms with E-state index < -0.39 is 0 Å². The van der Waals surface area contributed by atoms with Gasteiger partial charge in [0.05, 0.1) is 0 Å². The summed E-state index contributed by atoms with van der Waals surface area (Å²) >= 11 is 0. The number of pyridine rings is 1. The van der Waals surface area contributed by atoms with Gasteiger partial charge in [0.25, 0.3) is 11.8 Å². The van der Waals surface area contributed by atoms with Crippen LogP contribution in [0.15, 0.2) is 48.7 Å². The van der Waals surface area contributed by atoms with E-state index in [0.717, 1.165) is 0 Å². The second kappa shape index (κ2) is 8.44. The van der Waals surface area contributed by atoms with E-state index in [2.05, 4.69) is 15.6 Å². The number of hydrogen-bond donors (Lipinski definition) is 2. The fraction of sp³-hybridized carbons (Fsp3) is 0.300. The molecule has 0 radical (unpaired) electrons. The molecule has 7 heteroatoms. The monoisotopic (exact) mass is 366 g/mol. The van der Waals surface area contributed by atoms with E-state index in [1.807, 2.05) is 0 Å². The summed E-state index contributed by atoms with van der Waals surface area (Å²) in [6.45, 7) is 2.56. The summed E-state index contributed by atoms with van der Waals surface area (Å²) < 4.78 is 0. The highest BCUT2D eigenvalue weighted by Crippen LogP contribution is 2.17. The van der Waals surface area contributed by atoms with Crippen LogP contribution in [0.1, 0.15) is 40.6 Å². The molecule has 7 nitrogen and oxygen atoms in total. The lowest BCUT2D eigenvalue weighted by Gasteiger charge is -2.32. The first-order valence-corrected chi connectivity index (χ1v) is 8.92. The average Bonchev–Trinajstić information content (AvgIpc) is 2.68. The van der Waals surface area contributed by atoms with Crippen LogP contribution in [0, 0.1) is 0 Å². The molecule has 0 spiro atoms. The van der Waals surface area contributed by atoms with Gasteiger partial charge in [0.1, 0.15) is 5.69 Å². The average molecular weight is 366 g/mol. The van der Waals surface area contributed by atoms with Gasteiger partial charge in [-0.2, -0.15) is 0 Å². The molecule has 1 aromatic heterocycles. The molecule has 1 aliphatic rings. The van der Waals surface area contributed by atoms with Gasteiger partial charge in [0.15, 0.2) is 0 Å². The van der Waals surface area contributed by atoms with E-state index in [0.29, 0.717) is 42.9 Å². The van der Waals surface area contributed by atoms with Gasteiger partial charge >= 0.3 is 0 Å². The molecule has 0 bridgehead atoms. The van der Waals surface area contributed by atoms with Gasteiger partial charge in [-0.05, 0) is 43.2 Å². The Morgan fingerprint density at radius 1 is 1.07 bits per heavy atom. The highest BCUT2D eigenvalue weighted by atomic mass is 16.2. The third-order valence-corrected chi connectivity index (χ3v) is 4.44. The predicted octanol–water partition coefficient (Wildman–Crippen LogP) is 2.07. The first kappa shape index (κ1) is 18.6. The maximum atomic E-state index is 12.7. The van der Waals surface area contributed by atoms with E-state index >= 15 is 0 Å². The summed E-state index contributed by atoms with van der Waals surface area (Å²) in [5, 5.41) is 5.66. The largest absolute Gasteiger partial charge is 0.348 e. The minimum atomic E-state index is -0.191. The fourth-order valence-corrected chi connectivity index (χ4v) is 3.10. The fourth-order valence-electron chi connectivity index (χ4n) is 3.10. The molecule has 0 saturated carbocycles. The van der Waals surface area contributed by atoms with Crippen LogP contribution in [0.3, 0.4) is 0 Å². The molecule has 2 heterocycles. The Morgan fingerprint density at radius 3 is 2.52 bits per heavy atom. The molecular weight excluding hydrogens is 344 g/mol. The molecule has 1 aromatic carbocycles. The van der Waals surface area contributed by atoms with Crippen molar-refractivity contribution in [1.29, 1.82) is 0 Å². The summed E-state index contributed by atoms with van der Waals surface area (Å²) in [4.78, 5) is 41.9. The van der Waals surface area contributed by atoms with E-state index in [4.69, 9.17) is 0 Å². The molecular formula is C20H22N4O3. The Morgan fingerprint density at radius 2 is 1.85 bits per heavy atom. The smallest absolute Gasteiger partial charge is 0.270 e. The van der Waals surface area contributed by atoms with E-state index in [9.17, 15) is 14.4 Å². The molecule has 3 amide bonds. The van der Waals surface area contributed by atoms with Crippen LogP contribution in [0.2, 0.25) is 0 Å². The van der Waals surface area contributed by atoms with Crippen molar-refractivity contribution in [3.05, 3.63) is 59.9 Å². The van der Waals surface area contributed by atoms with E-state index in [1.54, 1.807) is 53.6 Å². The summed E-state index contributed by atoms with van der Waals surface area (Å²) in [6.07, 6.45) is 2.97. The minimum Gasteiger partial charge on any atom is -0.348 e. The van der Waals surface area contributed by atoms with Crippen molar-refractivity contribution < 1.29 is 14.4 Å². The number of nitrogens with zero attached hydrogens (tertiary/aromatic N) is 2. The van der Waals surface area contributed by atoms with Gasteiger partial charge in [-0.3, -0.25) is 19.4 Å². The predicted molar refractivity (Wildman–Crippen MR) is 101 cm³/mol. The lowest BCUT2D eigenvalue weighted by Crippen LogP contribution is -2.46. The van der Waals surface area contributed by atoms with Crippen LogP contribution in [-0.2, 0) is 4.79 Å². The lowest BCUT2D eigenvalue weighted by atomic mass is 10.0. The van der Waals surface area contributed by atoms with Gasteiger partial charge in [-0.1, -0.05) is 12.1 Å². The number of anilines is 1. The van der Waals surface area contributed by atoms with Gasteiger partial charge in [0, 0.05) is 43.5 Å². The third-order valence-electron chi connectivity index (χ3n) is 4.44. The van der Waals surface area contributed by atoms with Gasteiger partial charge < -0.3 is 15.5 Å². The number of amides is 3. The minimum absolute atomic E-state index is 0.0225. The molecule has 2 aromatic rings. The van der Waals surface area contributed by atoms with Crippen LogP contribution in [0.5, 0.6) is 0 Å². The Balaban J connectivity index is 1.55. The SMILES string of the molecule is CC(=O)Nc1cccc(C(=O)N2CCC(NC(=O)c3ccccn3)CC2)c1. The Kier molecular flexibility index (Phi) is 5.80. The second-order valence-corrected chi connectivity index (χ2v) is 6.52. The van der Waals surface area contributed by atoms with Crippen molar-refractivity contribution in [2.45, 2.75) is 25.8 Å². The van der Waals surface area contributed by atoms with Crippen LogP contribution in [-0.4, -0.2) is 46.7 Å². The van der Waals surface area contributed by atoms with Crippen LogP contribution in [0.4, 0.5) is 5.69 Å². The molecule has 1 fully saturated rings. The zero-order valence-electron chi connectivity index (χ0n) is 15.1. The van der Waals surface area contributed by atoms with Crippen LogP contribution in [0.25, 0.3) is 0 Å². The van der Waals surface area contributed by atoms with E-state index in [-0.39, 0.29) is 23.8 Å². The third kappa shape index (κ3) is 4.91. The van der Waals surface area contributed by atoms with Crippen molar-refractivity contribution in [2.75, 3.05) is 18.4 Å². The summed E-state index contributed by atoms with van der Waals surface area (Å²) in [5.41, 5.74) is 1.54. The molecule has 27 heavy (non-hydrogen) atoms. The maximum Gasteiger partial charge on any atom is 0.270 e. The van der Waals surface area contributed by atoms with Crippen LogP contribution >= 0.6 is 0 Å². The zero-order valence-corrected chi connectivity index (χ0v) is 15.1. The van der Waals surface area contributed by atoms with Gasteiger partial charge in [-0.25, -0.2) is 0 Å². The highest BCUT2D eigenvalue weighted by molar-refractivity contribution is 5.97. The Labute approximate surface area is 157 Å². The molecule has 1 aliphatic heterocycles. The highest BCUT2D eigenvalue weighted by Gasteiger charge is 2.25. The maximum absolute atomic E-state index is 12.7. The van der Waals surface area contributed by atoms with Crippen molar-refractivity contribution in [3.8, 4) is 0 Å². The molecule has 3 rings (SSSR count). The van der Waals surface area contributed by atoms with E-state index in [1.165, 1.54) is 6.92 Å². The first-order valence-electron chi connectivity index (χ1n) is 8.92. The normalized spacial score (nSPS) is 14.5. The summed E-state index contributed by atoms with van der Waals surface area (Å²) in [5.74, 6) is -0.441. The van der Waals surface area contributed by atoms with Crippen molar-refractivity contribution in [1.82, 2.24) is 15.2 Å².